The van der Waals surface area contributed by atoms with Gasteiger partial charge in [0, 0.05) is 17.3 Å². The van der Waals surface area contributed by atoms with E-state index in [0.29, 0.717) is 18.7 Å². The summed E-state index contributed by atoms with van der Waals surface area (Å²) in [6.07, 6.45) is 4.14. The standard InChI is InChI=1S/C10H9BrN6/c1-9(6-12)4-10(5-9,16-17-13)8-14-2-7(11)3-15-8/h2-3H,4-5H2,1H3. The minimum Gasteiger partial charge on any atom is -0.239 e. The molecule has 1 fully saturated rings. The smallest absolute Gasteiger partial charge is 0.140 e. The maximum atomic E-state index is 9.00. The van der Waals surface area contributed by atoms with Crippen LogP contribution in [0, 0.1) is 16.7 Å². The zero-order valence-corrected chi connectivity index (χ0v) is 10.7. The van der Waals surface area contributed by atoms with Crippen molar-refractivity contribution < 1.29 is 0 Å². The predicted molar refractivity (Wildman–Crippen MR) is 63.5 cm³/mol. The van der Waals surface area contributed by atoms with Gasteiger partial charge in [0.25, 0.3) is 0 Å². The van der Waals surface area contributed by atoms with Crippen molar-refractivity contribution in [1.29, 1.82) is 5.26 Å². The van der Waals surface area contributed by atoms with E-state index in [1.807, 2.05) is 6.92 Å². The average Bonchev–Trinajstić information content (AvgIpc) is 2.28. The van der Waals surface area contributed by atoms with Gasteiger partial charge in [-0.05, 0) is 41.2 Å². The molecule has 86 valence electrons. The van der Waals surface area contributed by atoms with Crippen LogP contribution in [0.25, 0.3) is 10.4 Å². The first-order chi connectivity index (χ1) is 8.03. The number of nitriles is 1. The monoisotopic (exact) mass is 292 g/mol. The van der Waals surface area contributed by atoms with E-state index in [9.17, 15) is 0 Å². The Kier molecular flexibility index (Phi) is 2.77. The van der Waals surface area contributed by atoms with Gasteiger partial charge in [-0.2, -0.15) is 5.26 Å². The number of azide groups is 1. The van der Waals surface area contributed by atoms with Crippen molar-refractivity contribution in [1.82, 2.24) is 9.97 Å². The molecular weight excluding hydrogens is 284 g/mol. The molecule has 1 aliphatic carbocycles. The molecule has 0 bridgehead atoms. The molecule has 2 rings (SSSR count). The highest BCUT2D eigenvalue weighted by molar-refractivity contribution is 9.10. The van der Waals surface area contributed by atoms with Crippen LogP contribution in [0.1, 0.15) is 25.6 Å². The summed E-state index contributed by atoms with van der Waals surface area (Å²) in [5.41, 5.74) is 7.42. The van der Waals surface area contributed by atoms with Gasteiger partial charge < -0.3 is 0 Å². The molecule has 1 aromatic rings. The second-order valence-electron chi connectivity index (χ2n) is 4.47. The van der Waals surface area contributed by atoms with Crippen LogP contribution in [0.5, 0.6) is 0 Å². The normalized spacial score (nSPS) is 30.9. The Morgan fingerprint density at radius 3 is 2.59 bits per heavy atom. The molecular formula is C10H9BrN6. The zero-order valence-electron chi connectivity index (χ0n) is 9.13. The molecule has 1 heterocycles. The summed E-state index contributed by atoms with van der Waals surface area (Å²) >= 11 is 3.25. The molecule has 1 aliphatic rings. The molecule has 0 spiro atoms. The second kappa shape index (κ2) is 3.99. The van der Waals surface area contributed by atoms with Crippen molar-refractivity contribution in [3.05, 3.63) is 33.1 Å². The van der Waals surface area contributed by atoms with Crippen molar-refractivity contribution in [2.24, 2.45) is 10.5 Å². The van der Waals surface area contributed by atoms with Crippen LogP contribution in [-0.4, -0.2) is 9.97 Å². The molecule has 0 N–H and O–H groups in total. The van der Waals surface area contributed by atoms with Gasteiger partial charge >= 0.3 is 0 Å². The minimum atomic E-state index is -0.764. The van der Waals surface area contributed by atoms with Crippen LogP contribution in [0.2, 0.25) is 0 Å². The van der Waals surface area contributed by atoms with E-state index in [1.54, 1.807) is 12.4 Å². The number of hydrogen-bond acceptors (Lipinski definition) is 4. The molecule has 0 radical (unpaired) electrons. The van der Waals surface area contributed by atoms with Crippen molar-refractivity contribution in [2.75, 3.05) is 0 Å². The van der Waals surface area contributed by atoms with Gasteiger partial charge in [0.15, 0.2) is 0 Å². The Hall–Kier alpha value is -1.64. The van der Waals surface area contributed by atoms with E-state index in [-0.39, 0.29) is 0 Å². The Balaban J connectivity index is 2.36. The lowest BCUT2D eigenvalue weighted by atomic mass is 9.59. The molecule has 0 aromatic carbocycles. The fourth-order valence-electron chi connectivity index (χ4n) is 2.23. The maximum Gasteiger partial charge on any atom is 0.140 e. The van der Waals surface area contributed by atoms with Crippen molar-refractivity contribution in [3.8, 4) is 6.07 Å². The van der Waals surface area contributed by atoms with E-state index in [2.05, 4.69) is 42.0 Å². The van der Waals surface area contributed by atoms with Crippen LogP contribution < -0.4 is 0 Å². The Morgan fingerprint density at radius 2 is 2.12 bits per heavy atom. The highest BCUT2D eigenvalue weighted by atomic mass is 79.9. The van der Waals surface area contributed by atoms with Crippen LogP contribution >= 0.6 is 15.9 Å². The molecule has 6 nitrogen and oxygen atoms in total. The summed E-state index contributed by atoms with van der Waals surface area (Å²) in [5.74, 6) is 0.478. The van der Waals surface area contributed by atoms with Gasteiger partial charge in [-0.3, -0.25) is 0 Å². The summed E-state index contributed by atoms with van der Waals surface area (Å²) in [5, 5.41) is 12.8. The lowest BCUT2D eigenvalue weighted by molar-refractivity contribution is 0.0898. The lowest BCUT2D eigenvalue weighted by Gasteiger charge is -2.46. The topological polar surface area (TPSA) is 98.3 Å². The van der Waals surface area contributed by atoms with Gasteiger partial charge in [-0.1, -0.05) is 5.11 Å². The quantitative estimate of drug-likeness (QED) is 0.476. The summed E-state index contributed by atoms with van der Waals surface area (Å²) in [4.78, 5) is 11.2. The van der Waals surface area contributed by atoms with E-state index in [0.717, 1.165) is 4.47 Å². The van der Waals surface area contributed by atoms with Crippen LogP contribution in [0.3, 0.4) is 0 Å². The Labute approximate surface area is 106 Å². The molecule has 17 heavy (non-hydrogen) atoms. The Morgan fingerprint density at radius 1 is 1.53 bits per heavy atom. The first kappa shape index (κ1) is 11.8. The molecule has 0 unspecified atom stereocenters. The fraction of sp³-hybridized carbons (Fsp3) is 0.500. The highest BCUT2D eigenvalue weighted by Gasteiger charge is 2.55. The third kappa shape index (κ3) is 1.97. The Bertz CT molecular complexity index is 519. The predicted octanol–water partition coefficient (Wildman–Crippen LogP) is 3.07. The number of hydrogen-bond donors (Lipinski definition) is 0. The van der Waals surface area contributed by atoms with Gasteiger partial charge in [0.2, 0.25) is 0 Å². The number of nitrogens with zero attached hydrogens (tertiary/aromatic N) is 6. The molecule has 1 aromatic heterocycles. The highest BCUT2D eigenvalue weighted by Crippen LogP contribution is 2.55. The third-order valence-corrected chi connectivity index (χ3v) is 3.32. The summed E-state index contributed by atoms with van der Waals surface area (Å²) in [7, 11) is 0. The summed E-state index contributed by atoms with van der Waals surface area (Å²) < 4.78 is 0.764. The first-order valence-corrected chi connectivity index (χ1v) is 5.78. The first-order valence-electron chi connectivity index (χ1n) is 4.99. The third-order valence-electron chi connectivity index (χ3n) is 2.91. The van der Waals surface area contributed by atoms with Crippen LogP contribution in [0.15, 0.2) is 22.0 Å². The molecule has 0 saturated heterocycles. The van der Waals surface area contributed by atoms with Crippen LogP contribution in [-0.2, 0) is 5.54 Å². The second-order valence-corrected chi connectivity index (χ2v) is 5.39. The van der Waals surface area contributed by atoms with E-state index in [4.69, 9.17) is 10.8 Å². The molecule has 0 amide bonds. The fourth-order valence-corrected chi connectivity index (χ4v) is 2.43. The SMILES string of the molecule is CC1(C#N)CC(N=[N+]=[N-])(c2ncc(Br)cn2)C1. The van der Waals surface area contributed by atoms with Gasteiger partial charge in [-0.15, -0.1) is 0 Å². The van der Waals surface area contributed by atoms with Crippen molar-refractivity contribution in [2.45, 2.75) is 25.3 Å². The summed E-state index contributed by atoms with van der Waals surface area (Å²) in [6.45, 7) is 1.84. The van der Waals surface area contributed by atoms with Gasteiger partial charge in [0.1, 0.15) is 11.4 Å². The number of aromatic nitrogens is 2. The van der Waals surface area contributed by atoms with E-state index in [1.165, 1.54) is 0 Å². The van der Waals surface area contributed by atoms with E-state index >= 15 is 0 Å². The van der Waals surface area contributed by atoms with Crippen LogP contribution in [0.4, 0.5) is 0 Å². The summed E-state index contributed by atoms with van der Waals surface area (Å²) in [6, 6.07) is 2.22. The average molecular weight is 293 g/mol. The van der Waals surface area contributed by atoms with E-state index < -0.39 is 11.0 Å². The van der Waals surface area contributed by atoms with Gasteiger partial charge in [-0.25, -0.2) is 9.97 Å². The van der Waals surface area contributed by atoms with Crippen molar-refractivity contribution >= 4 is 15.9 Å². The maximum absolute atomic E-state index is 9.00. The van der Waals surface area contributed by atoms with Gasteiger partial charge in [0.05, 0.1) is 16.0 Å². The molecule has 1 saturated carbocycles. The van der Waals surface area contributed by atoms with Crippen molar-refractivity contribution in [3.63, 3.8) is 0 Å². The largest absolute Gasteiger partial charge is 0.239 e. The molecule has 7 heteroatoms. The number of halogens is 1. The lowest BCUT2D eigenvalue weighted by Crippen LogP contribution is -2.46. The molecule has 0 aliphatic heterocycles. The molecule has 0 atom stereocenters. The number of rotatable bonds is 2. The minimum absolute atomic E-state index is 0.454. The zero-order chi connectivity index (χ0) is 12.5.